The van der Waals surface area contributed by atoms with Crippen LogP contribution in [0.4, 0.5) is 5.69 Å². The van der Waals surface area contributed by atoms with Crippen LogP contribution in [0.25, 0.3) is 0 Å². The number of aryl methyl sites for hydroxylation is 1. The Morgan fingerprint density at radius 2 is 1.81 bits per heavy atom. The molecule has 0 unspecified atom stereocenters. The molecule has 0 saturated heterocycles. The molecule has 0 radical (unpaired) electrons. The summed E-state index contributed by atoms with van der Waals surface area (Å²) in [7, 11) is 0. The number of carbonyl (C=O) groups excluding carboxylic acids is 1. The van der Waals surface area contributed by atoms with Gasteiger partial charge < -0.3 is 10.4 Å². The summed E-state index contributed by atoms with van der Waals surface area (Å²) in [6.07, 6.45) is 0. The maximum Gasteiger partial charge on any atom is 0.337 e. The van der Waals surface area contributed by atoms with E-state index in [-0.39, 0.29) is 16.8 Å². The molecule has 0 aliphatic heterocycles. The van der Waals surface area contributed by atoms with Crippen LogP contribution in [-0.2, 0) is 0 Å². The molecule has 0 aliphatic carbocycles. The van der Waals surface area contributed by atoms with Crippen molar-refractivity contribution in [3.63, 3.8) is 0 Å². The van der Waals surface area contributed by atoms with Gasteiger partial charge in [0, 0.05) is 5.02 Å². The van der Waals surface area contributed by atoms with Gasteiger partial charge in [0.1, 0.15) is 0 Å². The van der Waals surface area contributed by atoms with Crippen LogP contribution in [0, 0.1) is 6.92 Å². The number of aromatic carboxylic acids is 1. The van der Waals surface area contributed by atoms with Crippen LogP contribution in [0.15, 0.2) is 36.4 Å². The van der Waals surface area contributed by atoms with E-state index in [0.717, 1.165) is 5.56 Å². The van der Waals surface area contributed by atoms with Crippen LogP contribution in [-0.4, -0.2) is 17.0 Å². The topological polar surface area (TPSA) is 66.4 Å². The zero-order valence-electron chi connectivity index (χ0n) is 11.0. The lowest BCUT2D eigenvalue weighted by Crippen LogP contribution is -2.15. The van der Waals surface area contributed by atoms with Gasteiger partial charge in [0.25, 0.3) is 5.91 Å². The molecule has 0 spiro atoms. The van der Waals surface area contributed by atoms with Gasteiger partial charge in [0.15, 0.2) is 0 Å². The molecule has 6 heteroatoms. The Hall–Kier alpha value is -2.04. The van der Waals surface area contributed by atoms with Crippen molar-refractivity contribution in [1.82, 2.24) is 0 Å². The highest BCUT2D eigenvalue weighted by Gasteiger charge is 2.16. The van der Waals surface area contributed by atoms with Gasteiger partial charge in [-0.05, 0) is 36.8 Å². The number of carboxylic acid groups (broad SMARTS) is 1. The molecular formula is C15H11Cl2NO3. The maximum atomic E-state index is 12.2. The van der Waals surface area contributed by atoms with Crippen LogP contribution >= 0.6 is 23.2 Å². The monoisotopic (exact) mass is 323 g/mol. The molecule has 2 rings (SSSR count). The molecule has 0 fully saturated rings. The molecule has 2 aromatic rings. The van der Waals surface area contributed by atoms with E-state index in [1.807, 2.05) is 0 Å². The van der Waals surface area contributed by atoms with Gasteiger partial charge in [-0.1, -0.05) is 35.3 Å². The fourth-order valence-corrected chi connectivity index (χ4v) is 2.20. The first kappa shape index (κ1) is 15.4. The van der Waals surface area contributed by atoms with E-state index < -0.39 is 11.9 Å². The highest BCUT2D eigenvalue weighted by atomic mass is 35.5. The molecule has 4 nitrogen and oxygen atoms in total. The molecular weight excluding hydrogens is 313 g/mol. The molecule has 0 bridgehead atoms. The van der Waals surface area contributed by atoms with Crippen molar-refractivity contribution >= 4 is 40.8 Å². The number of nitrogens with one attached hydrogen (secondary N) is 1. The third-order valence-electron chi connectivity index (χ3n) is 2.90. The van der Waals surface area contributed by atoms with Crippen molar-refractivity contribution in [2.24, 2.45) is 0 Å². The Kier molecular flexibility index (Phi) is 4.50. The number of carbonyl (C=O) groups is 2. The quantitative estimate of drug-likeness (QED) is 0.887. The molecule has 0 aliphatic rings. The lowest BCUT2D eigenvalue weighted by molar-refractivity contribution is 0.0698. The first-order valence-corrected chi connectivity index (χ1v) is 6.75. The minimum atomic E-state index is -1.16. The van der Waals surface area contributed by atoms with Gasteiger partial charge >= 0.3 is 5.97 Å². The summed E-state index contributed by atoms with van der Waals surface area (Å²) >= 11 is 11.9. The van der Waals surface area contributed by atoms with Gasteiger partial charge in [-0.15, -0.1) is 0 Å². The van der Waals surface area contributed by atoms with E-state index in [2.05, 4.69) is 5.32 Å². The third kappa shape index (κ3) is 3.35. The number of hydrogen-bond acceptors (Lipinski definition) is 2. The number of anilines is 1. The third-order valence-corrected chi connectivity index (χ3v) is 3.63. The Bertz CT molecular complexity index is 729. The van der Waals surface area contributed by atoms with Gasteiger partial charge in [-0.25, -0.2) is 4.79 Å². The summed E-state index contributed by atoms with van der Waals surface area (Å²) < 4.78 is 0. The number of carboxylic acids is 1. The predicted molar refractivity (Wildman–Crippen MR) is 82.6 cm³/mol. The minimum Gasteiger partial charge on any atom is -0.478 e. The van der Waals surface area contributed by atoms with Crippen LogP contribution in [0.2, 0.25) is 10.0 Å². The van der Waals surface area contributed by atoms with Gasteiger partial charge in [0.05, 0.1) is 21.8 Å². The Morgan fingerprint density at radius 3 is 2.48 bits per heavy atom. The summed E-state index contributed by atoms with van der Waals surface area (Å²) in [5.74, 6) is -1.65. The number of halogens is 2. The van der Waals surface area contributed by atoms with E-state index >= 15 is 0 Å². The summed E-state index contributed by atoms with van der Waals surface area (Å²) in [5, 5.41) is 12.3. The Balaban J connectivity index is 2.38. The zero-order chi connectivity index (χ0) is 15.6. The Labute approximate surface area is 131 Å². The molecule has 1 amide bonds. The average Bonchev–Trinajstić information content (AvgIpc) is 2.41. The van der Waals surface area contributed by atoms with Crippen molar-refractivity contribution in [2.75, 3.05) is 5.32 Å². The largest absolute Gasteiger partial charge is 0.478 e. The number of benzene rings is 2. The molecule has 0 saturated carbocycles. The minimum absolute atomic E-state index is 0.0449. The summed E-state index contributed by atoms with van der Waals surface area (Å²) in [4.78, 5) is 23.4. The predicted octanol–water partition coefficient (Wildman–Crippen LogP) is 4.25. The molecule has 0 heterocycles. The Morgan fingerprint density at radius 1 is 1.10 bits per heavy atom. The van der Waals surface area contributed by atoms with Crippen LogP contribution in [0.3, 0.4) is 0 Å². The van der Waals surface area contributed by atoms with Crippen LogP contribution in [0.5, 0.6) is 0 Å². The molecule has 108 valence electrons. The molecule has 0 aromatic heterocycles. The first-order valence-electron chi connectivity index (χ1n) is 5.99. The van der Waals surface area contributed by atoms with E-state index in [0.29, 0.717) is 10.0 Å². The number of amides is 1. The standard InChI is InChI=1S/C15H11Cl2NO3/c1-8-3-2-4-11(13(8)17)14(19)18-12-7-9(16)5-6-10(12)15(20)21/h2-7H,1H3,(H,18,19)(H,20,21). The smallest absolute Gasteiger partial charge is 0.337 e. The maximum absolute atomic E-state index is 12.2. The molecule has 21 heavy (non-hydrogen) atoms. The van der Waals surface area contributed by atoms with E-state index in [4.69, 9.17) is 28.3 Å². The van der Waals surface area contributed by atoms with Crippen molar-refractivity contribution in [3.8, 4) is 0 Å². The van der Waals surface area contributed by atoms with Gasteiger partial charge in [0.2, 0.25) is 0 Å². The first-order chi connectivity index (χ1) is 9.90. The van der Waals surface area contributed by atoms with E-state index in [1.54, 1.807) is 25.1 Å². The number of rotatable bonds is 3. The number of hydrogen-bond donors (Lipinski definition) is 2. The second-order valence-corrected chi connectivity index (χ2v) is 5.20. The van der Waals surface area contributed by atoms with Gasteiger partial charge in [-0.3, -0.25) is 4.79 Å². The second kappa shape index (κ2) is 6.16. The van der Waals surface area contributed by atoms with Crippen LogP contribution in [0.1, 0.15) is 26.3 Å². The van der Waals surface area contributed by atoms with E-state index in [9.17, 15) is 9.59 Å². The fourth-order valence-electron chi connectivity index (χ4n) is 1.82. The van der Waals surface area contributed by atoms with Crippen LogP contribution < -0.4 is 5.32 Å². The molecule has 2 N–H and O–H groups in total. The highest BCUT2D eigenvalue weighted by molar-refractivity contribution is 6.35. The van der Waals surface area contributed by atoms with E-state index in [1.165, 1.54) is 18.2 Å². The normalized spacial score (nSPS) is 10.2. The van der Waals surface area contributed by atoms with Gasteiger partial charge in [-0.2, -0.15) is 0 Å². The summed E-state index contributed by atoms with van der Waals surface area (Å²) in [5.41, 5.74) is 1.11. The van der Waals surface area contributed by atoms with Crippen molar-refractivity contribution < 1.29 is 14.7 Å². The second-order valence-electron chi connectivity index (χ2n) is 4.39. The van der Waals surface area contributed by atoms with Crippen molar-refractivity contribution in [2.45, 2.75) is 6.92 Å². The fraction of sp³-hybridized carbons (Fsp3) is 0.0667. The lowest BCUT2D eigenvalue weighted by atomic mass is 10.1. The SMILES string of the molecule is Cc1cccc(C(=O)Nc2cc(Cl)ccc2C(=O)O)c1Cl. The summed E-state index contributed by atoms with van der Waals surface area (Å²) in [6.45, 7) is 1.78. The molecule has 2 aromatic carbocycles. The lowest BCUT2D eigenvalue weighted by Gasteiger charge is -2.10. The summed E-state index contributed by atoms with van der Waals surface area (Å²) in [6, 6.07) is 9.20. The average molecular weight is 324 g/mol. The van der Waals surface area contributed by atoms with Crippen molar-refractivity contribution in [3.05, 3.63) is 63.1 Å². The zero-order valence-corrected chi connectivity index (χ0v) is 12.5. The highest BCUT2D eigenvalue weighted by Crippen LogP contribution is 2.24. The van der Waals surface area contributed by atoms with Crippen molar-refractivity contribution in [1.29, 1.82) is 0 Å². The molecule has 0 atom stereocenters.